The van der Waals surface area contributed by atoms with Crippen LogP contribution < -0.4 is 0 Å². The van der Waals surface area contributed by atoms with Gasteiger partial charge in [-0.1, -0.05) is 18.2 Å². The number of hydrogen-bond acceptors (Lipinski definition) is 2. The summed E-state index contributed by atoms with van der Waals surface area (Å²) >= 11 is 0. The summed E-state index contributed by atoms with van der Waals surface area (Å²) in [7, 11) is 0. The zero-order valence-electron chi connectivity index (χ0n) is 9.81. The summed E-state index contributed by atoms with van der Waals surface area (Å²) in [6, 6.07) is 9.95. The second-order valence-corrected chi connectivity index (χ2v) is 4.01. The maximum atomic E-state index is 9.69. The van der Waals surface area contributed by atoms with Gasteiger partial charge in [-0.15, -0.1) is 0 Å². The van der Waals surface area contributed by atoms with Gasteiger partial charge >= 0.3 is 0 Å². The van der Waals surface area contributed by atoms with Crippen LogP contribution in [0.15, 0.2) is 30.3 Å². The van der Waals surface area contributed by atoms with Gasteiger partial charge in [-0.2, -0.15) is 5.10 Å². The molecule has 84 valence electrons. The van der Waals surface area contributed by atoms with Crippen molar-refractivity contribution in [3.8, 4) is 5.69 Å². The van der Waals surface area contributed by atoms with E-state index in [1.165, 1.54) is 0 Å². The Balaban J connectivity index is 2.56. The zero-order valence-corrected chi connectivity index (χ0v) is 9.81. The highest BCUT2D eigenvalue weighted by atomic mass is 16.3. The van der Waals surface area contributed by atoms with Crippen LogP contribution in [-0.4, -0.2) is 14.9 Å². The summed E-state index contributed by atoms with van der Waals surface area (Å²) in [5, 5.41) is 14.2. The van der Waals surface area contributed by atoms with Crippen molar-refractivity contribution < 1.29 is 5.11 Å². The van der Waals surface area contributed by atoms with Crippen LogP contribution in [0.25, 0.3) is 5.69 Å². The first-order valence-electron chi connectivity index (χ1n) is 5.41. The average molecular weight is 216 g/mol. The van der Waals surface area contributed by atoms with Gasteiger partial charge in [-0.05, 0) is 32.9 Å². The lowest BCUT2D eigenvalue weighted by atomic mass is 10.1. The smallest absolute Gasteiger partial charge is 0.0797 e. The van der Waals surface area contributed by atoms with E-state index in [0.29, 0.717) is 0 Å². The van der Waals surface area contributed by atoms with Gasteiger partial charge in [0.15, 0.2) is 0 Å². The minimum absolute atomic E-state index is 0.475. The van der Waals surface area contributed by atoms with Gasteiger partial charge in [0.25, 0.3) is 0 Å². The number of benzene rings is 1. The first-order valence-corrected chi connectivity index (χ1v) is 5.41. The largest absolute Gasteiger partial charge is 0.389 e. The van der Waals surface area contributed by atoms with Crippen molar-refractivity contribution in [1.82, 2.24) is 9.78 Å². The van der Waals surface area contributed by atoms with Gasteiger partial charge in [-0.3, -0.25) is 0 Å². The number of aliphatic hydroxyl groups is 1. The molecule has 0 aliphatic rings. The Morgan fingerprint density at radius 1 is 1.19 bits per heavy atom. The highest BCUT2D eigenvalue weighted by Gasteiger charge is 2.15. The van der Waals surface area contributed by atoms with Crippen molar-refractivity contribution in [2.24, 2.45) is 0 Å². The number of aromatic nitrogens is 2. The SMILES string of the molecule is Cc1nn(-c2ccccc2)c(C)c1C(C)O. The predicted molar refractivity (Wildman–Crippen MR) is 63.7 cm³/mol. The average Bonchev–Trinajstić information content (AvgIpc) is 2.55. The number of aryl methyl sites for hydroxylation is 1. The molecule has 2 rings (SSSR count). The number of nitrogens with zero attached hydrogens (tertiary/aromatic N) is 2. The van der Waals surface area contributed by atoms with Crippen molar-refractivity contribution in [2.45, 2.75) is 26.9 Å². The third-order valence-electron chi connectivity index (χ3n) is 2.77. The molecule has 1 unspecified atom stereocenters. The van der Waals surface area contributed by atoms with Gasteiger partial charge in [0.2, 0.25) is 0 Å². The Morgan fingerprint density at radius 2 is 1.81 bits per heavy atom. The van der Waals surface area contributed by atoms with Crippen molar-refractivity contribution in [3.63, 3.8) is 0 Å². The highest BCUT2D eigenvalue weighted by Crippen LogP contribution is 2.23. The molecule has 3 heteroatoms. The molecule has 0 fully saturated rings. The molecule has 0 bridgehead atoms. The van der Waals surface area contributed by atoms with Gasteiger partial charge in [0, 0.05) is 11.3 Å². The molecular weight excluding hydrogens is 200 g/mol. The maximum Gasteiger partial charge on any atom is 0.0797 e. The molecule has 0 saturated carbocycles. The Morgan fingerprint density at radius 3 is 2.31 bits per heavy atom. The third kappa shape index (κ3) is 1.74. The lowest BCUT2D eigenvalue weighted by Gasteiger charge is -2.06. The topological polar surface area (TPSA) is 38.0 Å². The fourth-order valence-corrected chi connectivity index (χ4v) is 2.08. The molecule has 0 aliphatic heterocycles. The van der Waals surface area contributed by atoms with Crippen molar-refractivity contribution in [3.05, 3.63) is 47.3 Å². The lowest BCUT2D eigenvalue weighted by molar-refractivity contribution is 0.198. The summed E-state index contributed by atoms with van der Waals surface area (Å²) in [5.41, 5.74) is 3.83. The molecule has 2 aromatic rings. The van der Waals surface area contributed by atoms with Gasteiger partial charge in [0.1, 0.15) is 0 Å². The van der Waals surface area contributed by atoms with E-state index in [1.807, 2.05) is 48.9 Å². The number of rotatable bonds is 2. The summed E-state index contributed by atoms with van der Waals surface area (Å²) in [4.78, 5) is 0. The fourth-order valence-electron chi connectivity index (χ4n) is 2.08. The first-order chi connectivity index (χ1) is 7.61. The first kappa shape index (κ1) is 10.9. The molecule has 0 aliphatic carbocycles. The van der Waals surface area contributed by atoms with Gasteiger partial charge in [0.05, 0.1) is 17.5 Å². The van der Waals surface area contributed by atoms with Crippen LogP contribution in [0.1, 0.15) is 30.0 Å². The van der Waals surface area contributed by atoms with Gasteiger partial charge < -0.3 is 5.11 Å². The lowest BCUT2D eigenvalue weighted by Crippen LogP contribution is -2.00. The fraction of sp³-hybridized carbons (Fsp3) is 0.308. The van der Waals surface area contributed by atoms with E-state index in [1.54, 1.807) is 6.92 Å². The van der Waals surface area contributed by atoms with Crippen LogP contribution in [0.2, 0.25) is 0 Å². The molecule has 1 heterocycles. The van der Waals surface area contributed by atoms with E-state index in [0.717, 1.165) is 22.6 Å². The van der Waals surface area contributed by atoms with E-state index in [-0.39, 0.29) is 0 Å². The molecule has 1 aromatic carbocycles. The Labute approximate surface area is 95.3 Å². The number of hydrogen-bond donors (Lipinski definition) is 1. The zero-order chi connectivity index (χ0) is 11.7. The monoisotopic (exact) mass is 216 g/mol. The third-order valence-corrected chi connectivity index (χ3v) is 2.77. The second-order valence-electron chi connectivity index (χ2n) is 4.01. The standard InChI is InChI=1S/C13H16N2O/c1-9-13(11(3)16)10(2)15(14-9)12-7-5-4-6-8-12/h4-8,11,16H,1-3H3. The molecule has 0 radical (unpaired) electrons. The molecule has 0 saturated heterocycles. The Hall–Kier alpha value is -1.61. The maximum absolute atomic E-state index is 9.69. The summed E-state index contributed by atoms with van der Waals surface area (Å²) in [6.45, 7) is 5.68. The number of para-hydroxylation sites is 1. The Bertz CT molecular complexity index is 486. The molecule has 1 N–H and O–H groups in total. The molecule has 0 spiro atoms. The van der Waals surface area contributed by atoms with Crippen LogP contribution in [0.4, 0.5) is 0 Å². The predicted octanol–water partition coefficient (Wildman–Crippen LogP) is 2.54. The van der Waals surface area contributed by atoms with E-state index >= 15 is 0 Å². The molecular formula is C13H16N2O. The molecule has 0 amide bonds. The van der Waals surface area contributed by atoms with Crippen LogP contribution in [0.5, 0.6) is 0 Å². The van der Waals surface area contributed by atoms with Crippen LogP contribution in [0, 0.1) is 13.8 Å². The Kier molecular flexibility index (Phi) is 2.79. The van der Waals surface area contributed by atoms with E-state index in [4.69, 9.17) is 0 Å². The van der Waals surface area contributed by atoms with E-state index in [2.05, 4.69) is 5.10 Å². The minimum atomic E-state index is -0.475. The molecule has 3 nitrogen and oxygen atoms in total. The van der Waals surface area contributed by atoms with Crippen molar-refractivity contribution >= 4 is 0 Å². The number of aliphatic hydroxyl groups excluding tert-OH is 1. The van der Waals surface area contributed by atoms with E-state index < -0.39 is 6.10 Å². The quantitative estimate of drug-likeness (QED) is 0.837. The normalized spacial score (nSPS) is 12.8. The second kappa shape index (κ2) is 4.10. The van der Waals surface area contributed by atoms with E-state index in [9.17, 15) is 5.11 Å². The van der Waals surface area contributed by atoms with Gasteiger partial charge in [-0.25, -0.2) is 4.68 Å². The van der Waals surface area contributed by atoms with Crippen LogP contribution in [-0.2, 0) is 0 Å². The minimum Gasteiger partial charge on any atom is -0.389 e. The van der Waals surface area contributed by atoms with Crippen molar-refractivity contribution in [2.75, 3.05) is 0 Å². The van der Waals surface area contributed by atoms with Crippen LogP contribution >= 0.6 is 0 Å². The summed E-state index contributed by atoms with van der Waals surface area (Å²) in [6.07, 6.45) is -0.475. The molecule has 16 heavy (non-hydrogen) atoms. The summed E-state index contributed by atoms with van der Waals surface area (Å²) in [5.74, 6) is 0. The van der Waals surface area contributed by atoms with Crippen LogP contribution in [0.3, 0.4) is 0 Å². The highest BCUT2D eigenvalue weighted by molar-refractivity contribution is 5.37. The summed E-state index contributed by atoms with van der Waals surface area (Å²) < 4.78 is 1.87. The molecule has 1 aromatic heterocycles. The van der Waals surface area contributed by atoms with Crippen molar-refractivity contribution in [1.29, 1.82) is 0 Å². The molecule has 1 atom stereocenters.